The number of amides is 3. The molecule has 0 aromatic carbocycles. The third kappa shape index (κ3) is 4.85. The van der Waals surface area contributed by atoms with E-state index in [1.165, 1.54) is 11.8 Å². The fourth-order valence-electron chi connectivity index (χ4n) is 2.15. The molecule has 2 aromatic heterocycles. The Morgan fingerprint density at radius 1 is 1.36 bits per heavy atom. The summed E-state index contributed by atoms with van der Waals surface area (Å²) in [6, 6.07) is 1.38. The van der Waals surface area contributed by atoms with E-state index in [1.54, 1.807) is 6.26 Å². The van der Waals surface area contributed by atoms with E-state index in [1.807, 2.05) is 38.3 Å². The lowest BCUT2D eigenvalue weighted by Gasteiger charge is -2.11. The number of thioether (sulfide) groups is 1. The number of urea groups is 1. The summed E-state index contributed by atoms with van der Waals surface area (Å²) in [4.78, 5) is 23.6. The summed E-state index contributed by atoms with van der Waals surface area (Å²) in [5.74, 6) is 1.16. The molecule has 136 valence electrons. The van der Waals surface area contributed by atoms with E-state index in [0.717, 1.165) is 17.7 Å². The van der Waals surface area contributed by atoms with Crippen LogP contribution in [0.4, 0.5) is 4.79 Å². The highest BCUT2D eigenvalue weighted by molar-refractivity contribution is 7.99. The fourth-order valence-corrected chi connectivity index (χ4v) is 2.95. The van der Waals surface area contributed by atoms with Gasteiger partial charge in [0.05, 0.1) is 17.6 Å². The predicted octanol–water partition coefficient (Wildman–Crippen LogP) is 2.58. The first-order valence-electron chi connectivity index (χ1n) is 8.17. The number of hydrogen-bond acceptors (Lipinski definition) is 6. The van der Waals surface area contributed by atoms with Crippen LogP contribution in [0.1, 0.15) is 33.0 Å². The summed E-state index contributed by atoms with van der Waals surface area (Å²) in [6.07, 6.45) is 2.40. The number of carbonyl (C=O) groups excluding carboxylic acids is 2. The molecule has 2 rings (SSSR count). The molecule has 0 aliphatic heterocycles. The molecule has 0 spiro atoms. The number of aromatic nitrogens is 3. The van der Waals surface area contributed by atoms with E-state index in [-0.39, 0.29) is 17.7 Å². The molecule has 2 aromatic rings. The molecule has 0 aliphatic carbocycles. The highest BCUT2D eigenvalue weighted by Gasteiger charge is 2.18. The number of carbonyl (C=O) groups is 2. The average Bonchev–Trinajstić information content (AvgIpc) is 3.17. The highest BCUT2D eigenvalue weighted by atomic mass is 32.2. The van der Waals surface area contributed by atoms with Gasteiger partial charge in [-0.3, -0.25) is 10.1 Å². The molecule has 0 radical (unpaired) electrons. The van der Waals surface area contributed by atoms with Crippen molar-refractivity contribution in [3.8, 4) is 11.4 Å². The fraction of sp³-hybridized carbons (Fsp3) is 0.500. The van der Waals surface area contributed by atoms with Gasteiger partial charge in [0.15, 0.2) is 11.0 Å². The predicted molar refractivity (Wildman–Crippen MR) is 95.3 cm³/mol. The van der Waals surface area contributed by atoms with Crippen molar-refractivity contribution < 1.29 is 14.0 Å². The van der Waals surface area contributed by atoms with E-state index in [9.17, 15) is 9.59 Å². The summed E-state index contributed by atoms with van der Waals surface area (Å²) < 4.78 is 7.23. The number of hydrogen-bond donors (Lipinski definition) is 2. The number of furan rings is 1. The van der Waals surface area contributed by atoms with Gasteiger partial charge in [0.2, 0.25) is 5.91 Å². The van der Waals surface area contributed by atoms with Crippen LogP contribution in [-0.2, 0) is 11.3 Å². The van der Waals surface area contributed by atoms with Crippen molar-refractivity contribution in [1.82, 2.24) is 25.4 Å². The monoisotopic (exact) mass is 365 g/mol. The molecule has 3 amide bonds. The Morgan fingerprint density at radius 2 is 2.12 bits per heavy atom. The average molecular weight is 365 g/mol. The van der Waals surface area contributed by atoms with Crippen molar-refractivity contribution in [2.24, 2.45) is 0 Å². The zero-order chi connectivity index (χ0) is 18.4. The molecule has 1 atom stereocenters. The molecule has 0 saturated heterocycles. The molecule has 25 heavy (non-hydrogen) atoms. The van der Waals surface area contributed by atoms with Gasteiger partial charge in [0.25, 0.3) is 0 Å². The molecular formula is C16H23N5O3S. The van der Waals surface area contributed by atoms with Crippen molar-refractivity contribution in [3.63, 3.8) is 0 Å². The molecule has 0 saturated carbocycles. The summed E-state index contributed by atoms with van der Waals surface area (Å²) in [5.41, 5.74) is 0.874. The lowest BCUT2D eigenvalue weighted by atomic mass is 10.2. The minimum atomic E-state index is -0.480. The number of imide groups is 1. The maximum atomic E-state index is 11.9. The van der Waals surface area contributed by atoms with E-state index in [4.69, 9.17) is 4.42 Å². The van der Waals surface area contributed by atoms with E-state index in [2.05, 4.69) is 20.8 Å². The van der Waals surface area contributed by atoms with Gasteiger partial charge < -0.3 is 14.3 Å². The minimum Gasteiger partial charge on any atom is -0.469 e. The zero-order valence-electron chi connectivity index (χ0n) is 14.8. The maximum Gasteiger partial charge on any atom is 0.321 e. The second-order valence-electron chi connectivity index (χ2n) is 5.56. The van der Waals surface area contributed by atoms with Crippen LogP contribution in [0, 0.1) is 6.92 Å². The van der Waals surface area contributed by atoms with Crippen molar-refractivity contribution in [2.45, 2.75) is 51.9 Å². The second kappa shape index (κ2) is 8.70. The third-order valence-corrected chi connectivity index (χ3v) is 4.67. The van der Waals surface area contributed by atoms with E-state index >= 15 is 0 Å². The van der Waals surface area contributed by atoms with Crippen molar-refractivity contribution >= 4 is 23.7 Å². The van der Waals surface area contributed by atoms with Crippen LogP contribution in [0.25, 0.3) is 11.4 Å². The molecular weight excluding hydrogens is 342 g/mol. The van der Waals surface area contributed by atoms with Gasteiger partial charge in [-0.2, -0.15) is 0 Å². The normalized spacial score (nSPS) is 12.0. The number of aryl methyl sites for hydroxylation is 1. The Bertz CT molecular complexity index is 740. The number of rotatable bonds is 7. The summed E-state index contributed by atoms with van der Waals surface area (Å²) in [7, 11) is 0. The van der Waals surface area contributed by atoms with Crippen molar-refractivity contribution in [1.29, 1.82) is 0 Å². The molecule has 0 unspecified atom stereocenters. The molecule has 0 bridgehead atoms. The Morgan fingerprint density at radius 3 is 2.72 bits per heavy atom. The van der Waals surface area contributed by atoms with Crippen LogP contribution >= 0.6 is 11.8 Å². The largest absolute Gasteiger partial charge is 0.469 e. The zero-order valence-corrected chi connectivity index (χ0v) is 15.6. The molecule has 2 N–H and O–H groups in total. The SMILES string of the molecule is CC[C@H](C)NC(=O)NC(=O)CSc1nnc(-c2ccoc2C)n1CC. The Kier molecular flexibility index (Phi) is 6.63. The second-order valence-corrected chi connectivity index (χ2v) is 6.50. The molecule has 8 nitrogen and oxygen atoms in total. The minimum absolute atomic E-state index is 0.0180. The summed E-state index contributed by atoms with van der Waals surface area (Å²) in [5, 5.41) is 14.0. The number of nitrogens with one attached hydrogen (secondary N) is 2. The smallest absolute Gasteiger partial charge is 0.321 e. The van der Waals surface area contributed by atoms with Gasteiger partial charge >= 0.3 is 6.03 Å². The maximum absolute atomic E-state index is 11.9. The van der Waals surface area contributed by atoms with Gasteiger partial charge in [-0.15, -0.1) is 10.2 Å². The van der Waals surface area contributed by atoms with Crippen LogP contribution in [0.3, 0.4) is 0 Å². The highest BCUT2D eigenvalue weighted by Crippen LogP contribution is 2.26. The van der Waals surface area contributed by atoms with Gasteiger partial charge in [-0.25, -0.2) is 4.79 Å². The molecule has 0 fully saturated rings. The van der Waals surface area contributed by atoms with Gasteiger partial charge in [-0.1, -0.05) is 18.7 Å². The van der Waals surface area contributed by atoms with Gasteiger partial charge in [-0.05, 0) is 33.3 Å². The molecule has 0 aliphatic rings. The standard InChI is InChI=1S/C16H23N5O3S/c1-5-10(3)17-15(23)18-13(22)9-25-16-20-19-14(21(16)6-2)12-7-8-24-11(12)4/h7-8,10H,5-6,9H2,1-4H3,(H2,17,18,22,23)/t10-/m0/s1. The van der Waals surface area contributed by atoms with Crippen LogP contribution in [-0.4, -0.2) is 38.5 Å². The first-order valence-corrected chi connectivity index (χ1v) is 9.15. The van der Waals surface area contributed by atoms with Crippen LogP contribution < -0.4 is 10.6 Å². The topological polar surface area (TPSA) is 102 Å². The first-order chi connectivity index (χ1) is 12.0. The first kappa shape index (κ1) is 19.0. The number of nitrogens with zero attached hydrogens (tertiary/aromatic N) is 3. The quantitative estimate of drug-likeness (QED) is 0.731. The van der Waals surface area contributed by atoms with E-state index < -0.39 is 6.03 Å². The Hall–Kier alpha value is -2.29. The Balaban J connectivity index is 1.97. The lowest BCUT2D eigenvalue weighted by molar-refractivity contribution is -0.117. The van der Waals surface area contributed by atoms with Gasteiger partial charge in [0.1, 0.15) is 5.76 Å². The lowest BCUT2D eigenvalue weighted by Crippen LogP contribution is -2.43. The third-order valence-electron chi connectivity index (χ3n) is 3.71. The molecule has 9 heteroatoms. The van der Waals surface area contributed by atoms with Crippen molar-refractivity contribution in [2.75, 3.05) is 5.75 Å². The van der Waals surface area contributed by atoms with Gasteiger partial charge in [0, 0.05) is 12.6 Å². The van der Waals surface area contributed by atoms with Crippen molar-refractivity contribution in [3.05, 3.63) is 18.1 Å². The summed E-state index contributed by atoms with van der Waals surface area (Å²) >= 11 is 1.24. The Labute approximate surface area is 150 Å². The van der Waals surface area contributed by atoms with Crippen LogP contribution in [0.15, 0.2) is 21.9 Å². The molecule has 2 heterocycles. The summed E-state index contributed by atoms with van der Waals surface area (Å²) in [6.45, 7) is 8.33. The van der Waals surface area contributed by atoms with E-state index in [0.29, 0.717) is 17.5 Å². The van der Waals surface area contributed by atoms with Crippen LogP contribution in [0.5, 0.6) is 0 Å². The van der Waals surface area contributed by atoms with Crippen LogP contribution in [0.2, 0.25) is 0 Å².